The molecule has 0 saturated heterocycles. The van der Waals surface area contributed by atoms with Crippen LogP contribution in [0.15, 0.2) is 0 Å². The normalized spacial score (nSPS) is 23.6. The number of aryl methyl sites for hydroxylation is 1. The molecular formula is C9H13N5O3. The standard InChI is InChI=1S/C9H13N5O3/c1-14-12-9(11-13-14)10-7(15)5-3-2-4-6(5)8(16)17/h5-6H,2-4H2,1H3,(H,16,17)(H,10,12,15)/t5-,6+/m1/s1. The number of rotatable bonds is 3. The van der Waals surface area contributed by atoms with Gasteiger partial charge in [-0.3, -0.25) is 14.9 Å². The molecule has 1 aromatic heterocycles. The largest absolute Gasteiger partial charge is 0.481 e. The number of carbonyl (C=O) groups is 2. The number of nitrogens with zero attached hydrogens (tertiary/aromatic N) is 4. The van der Waals surface area contributed by atoms with Crippen molar-refractivity contribution in [2.45, 2.75) is 19.3 Å². The summed E-state index contributed by atoms with van der Waals surface area (Å²) in [6, 6.07) is 0. The van der Waals surface area contributed by atoms with Gasteiger partial charge >= 0.3 is 5.97 Å². The molecule has 2 rings (SSSR count). The molecule has 0 radical (unpaired) electrons. The topological polar surface area (TPSA) is 110 Å². The second-order valence-corrected chi connectivity index (χ2v) is 4.07. The average molecular weight is 239 g/mol. The molecule has 0 aromatic carbocycles. The van der Waals surface area contributed by atoms with Gasteiger partial charge in [0.2, 0.25) is 5.91 Å². The smallest absolute Gasteiger partial charge is 0.307 e. The summed E-state index contributed by atoms with van der Waals surface area (Å²) in [5.74, 6) is -2.27. The third-order valence-electron chi connectivity index (χ3n) is 2.91. The van der Waals surface area contributed by atoms with E-state index in [1.54, 1.807) is 7.05 Å². The van der Waals surface area contributed by atoms with E-state index in [0.29, 0.717) is 12.8 Å². The molecular weight excluding hydrogens is 226 g/mol. The SMILES string of the molecule is Cn1nnc(NC(=O)[C@@H]2CCC[C@@H]2C(=O)O)n1. The predicted octanol–water partition coefficient (Wildman–Crippen LogP) is -0.351. The maximum Gasteiger partial charge on any atom is 0.307 e. The van der Waals surface area contributed by atoms with Crippen LogP contribution < -0.4 is 5.32 Å². The number of aliphatic carboxylic acids is 1. The van der Waals surface area contributed by atoms with E-state index in [-0.39, 0.29) is 11.9 Å². The minimum atomic E-state index is -0.922. The molecule has 0 bridgehead atoms. The van der Waals surface area contributed by atoms with Crippen LogP contribution in [0.2, 0.25) is 0 Å². The summed E-state index contributed by atoms with van der Waals surface area (Å²) in [6.45, 7) is 0. The monoisotopic (exact) mass is 239 g/mol. The van der Waals surface area contributed by atoms with E-state index in [4.69, 9.17) is 5.11 Å². The van der Waals surface area contributed by atoms with Crippen molar-refractivity contribution >= 4 is 17.8 Å². The average Bonchev–Trinajstić information content (AvgIpc) is 2.86. The summed E-state index contributed by atoms with van der Waals surface area (Å²) < 4.78 is 0. The lowest BCUT2D eigenvalue weighted by atomic mass is 9.95. The summed E-state index contributed by atoms with van der Waals surface area (Å²) in [7, 11) is 1.58. The van der Waals surface area contributed by atoms with Gasteiger partial charge in [-0.25, -0.2) is 0 Å². The van der Waals surface area contributed by atoms with Crippen LogP contribution in [0, 0.1) is 11.8 Å². The van der Waals surface area contributed by atoms with Crippen LogP contribution in [0.3, 0.4) is 0 Å². The molecule has 1 heterocycles. The molecule has 0 unspecified atom stereocenters. The summed E-state index contributed by atoms with van der Waals surface area (Å²) in [5.41, 5.74) is 0. The Labute approximate surface area is 97.0 Å². The van der Waals surface area contributed by atoms with Gasteiger partial charge in [0.15, 0.2) is 0 Å². The molecule has 0 aliphatic heterocycles. The molecule has 0 spiro atoms. The highest BCUT2D eigenvalue weighted by Gasteiger charge is 2.38. The van der Waals surface area contributed by atoms with Crippen LogP contribution in [0.5, 0.6) is 0 Å². The zero-order valence-electron chi connectivity index (χ0n) is 9.33. The Morgan fingerprint density at radius 2 is 2.12 bits per heavy atom. The fourth-order valence-corrected chi connectivity index (χ4v) is 2.11. The molecule has 8 heteroatoms. The number of tetrazole rings is 1. The third kappa shape index (κ3) is 2.40. The Bertz CT molecular complexity index is 444. The first-order valence-corrected chi connectivity index (χ1v) is 5.35. The highest BCUT2D eigenvalue weighted by atomic mass is 16.4. The Morgan fingerprint density at radius 3 is 2.71 bits per heavy atom. The Balaban J connectivity index is 2.02. The van der Waals surface area contributed by atoms with Crippen LogP contribution >= 0.6 is 0 Å². The quantitative estimate of drug-likeness (QED) is 0.746. The van der Waals surface area contributed by atoms with Gasteiger partial charge in [-0.1, -0.05) is 11.5 Å². The number of hydrogen-bond donors (Lipinski definition) is 2. The van der Waals surface area contributed by atoms with E-state index in [1.165, 1.54) is 4.80 Å². The molecule has 92 valence electrons. The van der Waals surface area contributed by atoms with Crippen molar-refractivity contribution in [3.63, 3.8) is 0 Å². The molecule has 1 fully saturated rings. The minimum absolute atomic E-state index is 0.105. The third-order valence-corrected chi connectivity index (χ3v) is 2.91. The molecule has 17 heavy (non-hydrogen) atoms. The van der Waals surface area contributed by atoms with E-state index in [2.05, 4.69) is 20.7 Å². The van der Waals surface area contributed by atoms with Gasteiger partial charge in [-0.2, -0.15) is 4.80 Å². The van der Waals surface area contributed by atoms with Gasteiger partial charge in [0.25, 0.3) is 5.95 Å². The number of aromatic nitrogens is 4. The van der Waals surface area contributed by atoms with Crippen LogP contribution in [0.25, 0.3) is 0 Å². The van der Waals surface area contributed by atoms with E-state index in [1.807, 2.05) is 0 Å². The van der Waals surface area contributed by atoms with Crippen molar-refractivity contribution < 1.29 is 14.7 Å². The first-order chi connectivity index (χ1) is 8.08. The molecule has 2 atom stereocenters. The van der Waals surface area contributed by atoms with Gasteiger partial charge in [0, 0.05) is 0 Å². The van der Waals surface area contributed by atoms with Gasteiger partial charge in [0.1, 0.15) is 0 Å². The molecule has 2 N–H and O–H groups in total. The van der Waals surface area contributed by atoms with E-state index in [0.717, 1.165) is 6.42 Å². The first-order valence-electron chi connectivity index (χ1n) is 5.35. The van der Waals surface area contributed by atoms with Crippen molar-refractivity contribution in [2.75, 3.05) is 5.32 Å². The Kier molecular flexibility index (Phi) is 3.03. The molecule has 8 nitrogen and oxygen atoms in total. The maximum absolute atomic E-state index is 11.8. The second kappa shape index (κ2) is 4.48. The van der Waals surface area contributed by atoms with Gasteiger partial charge < -0.3 is 5.11 Å². The first kappa shape index (κ1) is 11.5. The van der Waals surface area contributed by atoms with Crippen LogP contribution in [0.4, 0.5) is 5.95 Å². The predicted molar refractivity (Wildman–Crippen MR) is 55.9 cm³/mol. The van der Waals surface area contributed by atoms with Crippen molar-refractivity contribution in [1.82, 2.24) is 20.2 Å². The molecule has 1 saturated carbocycles. The van der Waals surface area contributed by atoms with E-state index in [9.17, 15) is 9.59 Å². The summed E-state index contributed by atoms with van der Waals surface area (Å²) in [5, 5.41) is 22.5. The van der Waals surface area contributed by atoms with E-state index >= 15 is 0 Å². The summed E-state index contributed by atoms with van der Waals surface area (Å²) >= 11 is 0. The lowest BCUT2D eigenvalue weighted by molar-refractivity contribution is -0.145. The van der Waals surface area contributed by atoms with Crippen LogP contribution in [-0.2, 0) is 16.6 Å². The summed E-state index contributed by atoms with van der Waals surface area (Å²) in [4.78, 5) is 24.0. The Morgan fingerprint density at radius 1 is 1.41 bits per heavy atom. The van der Waals surface area contributed by atoms with Crippen molar-refractivity contribution in [3.8, 4) is 0 Å². The molecule has 1 aliphatic rings. The Hall–Kier alpha value is -1.99. The van der Waals surface area contributed by atoms with Gasteiger partial charge in [-0.15, -0.1) is 5.10 Å². The van der Waals surface area contributed by atoms with Gasteiger partial charge in [-0.05, 0) is 18.1 Å². The zero-order chi connectivity index (χ0) is 12.4. The van der Waals surface area contributed by atoms with Gasteiger partial charge in [0.05, 0.1) is 18.9 Å². The number of nitrogens with one attached hydrogen (secondary N) is 1. The van der Waals surface area contributed by atoms with Crippen molar-refractivity contribution in [1.29, 1.82) is 0 Å². The minimum Gasteiger partial charge on any atom is -0.481 e. The zero-order valence-corrected chi connectivity index (χ0v) is 9.33. The van der Waals surface area contributed by atoms with Crippen LogP contribution in [0.1, 0.15) is 19.3 Å². The molecule has 1 aromatic rings. The van der Waals surface area contributed by atoms with Crippen molar-refractivity contribution in [3.05, 3.63) is 0 Å². The fourth-order valence-electron chi connectivity index (χ4n) is 2.11. The highest BCUT2D eigenvalue weighted by Crippen LogP contribution is 2.32. The second-order valence-electron chi connectivity index (χ2n) is 4.07. The number of amides is 1. The number of carbonyl (C=O) groups excluding carboxylic acids is 1. The maximum atomic E-state index is 11.8. The lowest BCUT2D eigenvalue weighted by Gasteiger charge is -2.13. The number of carboxylic acids is 1. The number of carboxylic acid groups (broad SMARTS) is 1. The number of anilines is 1. The highest BCUT2D eigenvalue weighted by molar-refractivity contribution is 5.94. The lowest BCUT2D eigenvalue weighted by Crippen LogP contribution is -2.30. The number of hydrogen-bond acceptors (Lipinski definition) is 5. The van der Waals surface area contributed by atoms with Crippen molar-refractivity contribution in [2.24, 2.45) is 18.9 Å². The molecule has 1 amide bonds. The van der Waals surface area contributed by atoms with Crippen LogP contribution in [-0.4, -0.2) is 37.2 Å². The summed E-state index contributed by atoms with van der Waals surface area (Å²) in [6.07, 6.45) is 1.88. The molecule has 1 aliphatic carbocycles. The fraction of sp³-hybridized carbons (Fsp3) is 0.667. The van der Waals surface area contributed by atoms with E-state index < -0.39 is 17.8 Å².